The van der Waals surface area contributed by atoms with Crippen LogP contribution in [0.25, 0.3) is 0 Å². The van der Waals surface area contributed by atoms with Crippen LogP contribution in [0.3, 0.4) is 0 Å². The standard InChI is InChI=1S/C12H14OS/c1-3-7-14-9-12(13)11-6-4-5-10(2)8-11/h3-6,8H,1,7,9H2,2H3. The van der Waals surface area contributed by atoms with Crippen molar-refractivity contribution in [3.8, 4) is 0 Å². The summed E-state index contributed by atoms with van der Waals surface area (Å²) in [5.41, 5.74) is 1.94. The van der Waals surface area contributed by atoms with Gasteiger partial charge in [-0.25, -0.2) is 0 Å². The predicted octanol–water partition coefficient (Wildman–Crippen LogP) is 3.10. The van der Waals surface area contributed by atoms with Crippen LogP contribution in [-0.2, 0) is 0 Å². The highest BCUT2D eigenvalue weighted by atomic mass is 32.2. The summed E-state index contributed by atoms with van der Waals surface area (Å²) in [6.07, 6.45) is 1.81. The van der Waals surface area contributed by atoms with Gasteiger partial charge in [0.25, 0.3) is 0 Å². The Balaban J connectivity index is 2.56. The molecular weight excluding hydrogens is 192 g/mol. The van der Waals surface area contributed by atoms with Crippen LogP contribution in [0.15, 0.2) is 36.9 Å². The number of carbonyl (C=O) groups excluding carboxylic acids is 1. The van der Waals surface area contributed by atoms with E-state index in [0.29, 0.717) is 5.75 Å². The molecule has 1 rings (SSSR count). The second kappa shape index (κ2) is 5.66. The van der Waals surface area contributed by atoms with Gasteiger partial charge in [-0.05, 0) is 13.0 Å². The maximum atomic E-state index is 11.6. The van der Waals surface area contributed by atoms with Gasteiger partial charge in [-0.3, -0.25) is 4.79 Å². The largest absolute Gasteiger partial charge is 0.293 e. The zero-order valence-electron chi connectivity index (χ0n) is 8.32. The maximum absolute atomic E-state index is 11.6. The number of Topliss-reactive ketones (excluding diaryl/α,β-unsaturated/α-hetero) is 1. The fraction of sp³-hybridized carbons (Fsp3) is 0.250. The molecule has 0 saturated heterocycles. The Kier molecular flexibility index (Phi) is 4.47. The minimum atomic E-state index is 0.195. The van der Waals surface area contributed by atoms with Crippen molar-refractivity contribution in [3.63, 3.8) is 0 Å². The molecule has 0 aromatic heterocycles. The highest BCUT2D eigenvalue weighted by Crippen LogP contribution is 2.09. The van der Waals surface area contributed by atoms with Crippen molar-refractivity contribution in [1.82, 2.24) is 0 Å². The zero-order chi connectivity index (χ0) is 10.4. The Hall–Kier alpha value is -1.02. The molecule has 0 heterocycles. The fourth-order valence-electron chi connectivity index (χ4n) is 1.14. The van der Waals surface area contributed by atoms with Gasteiger partial charge in [-0.15, -0.1) is 18.3 Å². The lowest BCUT2D eigenvalue weighted by Crippen LogP contribution is -2.02. The molecule has 0 amide bonds. The molecule has 0 aliphatic carbocycles. The molecule has 0 saturated carbocycles. The fourth-order valence-corrected chi connectivity index (χ4v) is 1.77. The van der Waals surface area contributed by atoms with Crippen LogP contribution in [0.2, 0.25) is 0 Å². The van der Waals surface area contributed by atoms with Gasteiger partial charge in [-0.2, -0.15) is 0 Å². The first-order valence-corrected chi connectivity index (χ1v) is 5.68. The lowest BCUT2D eigenvalue weighted by Gasteiger charge is -2.00. The molecule has 0 bridgehead atoms. The SMILES string of the molecule is C=CCSCC(=O)c1cccc(C)c1. The molecule has 0 aliphatic heterocycles. The Morgan fingerprint density at radius 1 is 1.57 bits per heavy atom. The molecule has 0 spiro atoms. The third-order valence-corrected chi connectivity index (χ3v) is 2.75. The summed E-state index contributed by atoms with van der Waals surface area (Å²) in [5, 5.41) is 0. The summed E-state index contributed by atoms with van der Waals surface area (Å²) in [6.45, 7) is 5.61. The molecule has 1 aromatic carbocycles. The summed E-state index contributed by atoms with van der Waals surface area (Å²) in [6, 6.07) is 7.70. The first-order valence-electron chi connectivity index (χ1n) is 4.52. The first-order chi connectivity index (χ1) is 6.74. The molecule has 0 fully saturated rings. The Morgan fingerprint density at radius 2 is 2.36 bits per heavy atom. The van der Waals surface area contributed by atoms with Crippen molar-refractivity contribution >= 4 is 17.5 Å². The van der Waals surface area contributed by atoms with Gasteiger partial charge in [0.05, 0.1) is 5.75 Å². The quantitative estimate of drug-likeness (QED) is 0.418. The monoisotopic (exact) mass is 206 g/mol. The third kappa shape index (κ3) is 3.38. The van der Waals surface area contributed by atoms with Crippen molar-refractivity contribution in [2.45, 2.75) is 6.92 Å². The molecule has 0 radical (unpaired) electrons. The number of ketones is 1. The minimum absolute atomic E-state index is 0.195. The minimum Gasteiger partial charge on any atom is -0.293 e. The van der Waals surface area contributed by atoms with Gasteiger partial charge in [0.1, 0.15) is 0 Å². The van der Waals surface area contributed by atoms with Gasteiger partial charge in [0, 0.05) is 11.3 Å². The first kappa shape index (κ1) is 11.1. The van der Waals surface area contributed by atoms with E-state index in [9.17, 15) is 4.79 Å². The van der Waals surface area contributed by atoms with Crippen LogP contribution in [0, 0.1) is 6.92 Å². The molecule has 2 heteroatoms. The van der Waals surface area contributed by atoms with Gasteiger partial charge in [0.2, 0.25) is 0 Å². The average Bonchev–Trinajstić information content (AvgIpc) is 2.18. The van der Waals surface area contributed by atoms with Gasteiger partial charge >= 0.3 is 0 Å². The molecule has 0 aliphatic rings. The van der Waals surface area contributed by atoms with Crippen LogP contribution in [0.5, 0.6) is 0 Å². The maximum Gasteiger partial charge on any atom is 0.172 e. The Morgan fingerprint density at radius 3 is 3.00 bits per heavy atom. The van der Waals surface area contributed by atoms with Gasteiger partial charge in [-0.1, -0.05) is 29.8 Å². The summed E-state index contributed by atoms with van der Waals surface area (Å²) < 4.78 is 0. The number of rotatable bonds is 5. The van der Waals surface area contributed by atoms with Crippen molar-refractivity contribution in [1.29, 1.82) is 0 Å². The zero-order valence-corrected chi connectivity index (χ0v) is 9.14. The third-order valence-electron chi connectivity index (χ3n) is 1.81. The van der Waals surface area contributed by atoms with Crippen molar-refractivity contribution in [2.75, 3.05) is 11.5 Å². The van der Waals surface area contributed by atoms with Crippen molar-refractivity contribution in [2.24, 2.45) is 0 Å². The van der Waals surface area contributed by atoms with Crippen molar-refractivity contribution < 1.29 is 4.79 Å². The Labute approximate surface area is 89.2 Å². The number of thioether (sulfide) groups is 1. The van der Waals surface area contributed by atoms with E-state index in [1.54, 1.807) is 11.8 Å². The van der Waals surface area contributed by atoms with Crippen LogP contribution >= 0.6 is 11.8 Å². The lowest BCUT2D eigenvalue weighted by atomic mass is 10.1. The van der Waals surface area contributed by atoms with E-state index in [4.69, 9.17) is 0 Å². The molecule has 0 atom stereocenters. The van der Waals surface area contributed by atoms with E-state index in [1.165, 1.54) is 0 Å². The number of aryl methyl sites for hydroxylation is 1. The van der Waals surface area contributed by atoms with E-state index in [1.807, 2.05) is 37.3 Å². The van der Waals surface area contributed by atoms with Crippen molar-refractivity contribution in [3.05, 3.63) is 48.0 Å². The van der Waals surface area contributed by atoms with Crippen LogP contribution in [0.4, 0.5) is 0 Å². The normalized spacial score (nSPS) is 9.79. The lowest BCUT2D eigenvalue weighted by molar-refractivity contribution is 0.102. The predicted molar refractivity (Wildman–Crippen MR) is 63.0 cm³/mol. The summed E-state index contributed by atoms with van der Waals surface area (Å²) in [5.74, 6) is 1.56. The highest BCUT2D eigenvalue weighted by Gasteiger charge is 2.04. The van der Waals surface area contributed by atoms with E-state index in [-0.39, 0.29) is 5.78 Å². The van der Waals surface area contributed by atoms with Gasteiger partial charge < -0.3 is 0 Å². The number of carbonyl (C=O) groups is 1. The number of benzene rings is 1. The number of hydrogen-bond acceptors (Lipinski definition) is 2. The topological polar surface area (TPSA) is 17.1 Å². The van der Waals surface area contributed by atoms with Crippen LogP contribution in [0.1, 0.15) is 15.9 Å². The molecule has 74 valence electrons. The molecular formula is C12H14OS. The van der Waals surface area contributed by atoms with E-state index in [2.05, 4.69) is 6.58 Å². The van der Waals surface area contributed by atoms with E-state index >= 15 is 0 Å². The average molecular weight is 206 g/mol. The smallest absolute Gasteiger partial charge is 0.172 e. The second-order valence-corrected chi connectivity index (χ2v) is 4.13. The summed E-state index contributed by atoms with van der Waals surface area (Å²) in [4.78, 5) is 11.6. The molecule has 1 aromatic rings. The summed E-state index contributed by atoms with van der Waals surface area (Å²) in [7, 11) is 0. The molecule has 1 nitrogen and oxygen atoms in total. The second-order valence-electron chi connectivity index (χ2n) is 3.10. The number of hydrogen-bond donors (Lipinski definition) is 0. The molecule has 0 N–H and O–H groups in total. The summed E-state index contributed by atoms with van der Waals surface area (Å²) >= 11 is 1.59. The van der Waals surface area contributed by atoms with Gasteiger partial charge in [0.15, 0.2) is 5.78 Å². The Bertz CT molecular complexity index is 331. The van der Waals surface area contributed by atoms with E-state index < -0.39 is 0 Å². The molecule has 14 heavy (non-hydrogen) atoms. The van der Waals surface area contributed by atoms with Crippen LogP contribution < -0.4 is 0 Å². The van der Waals surface area contributed by atoms with E-state index in [0.717, 1.165) is 16.9 Å². The highest BCUT2D eigenvalue weighted by molar-refractivity contribution is 8.00. The van der Waals surface area contributed by atoms with Crippen LogP contribution in [-0.4, -0.2) is 17.3 Å². The molecule has 0 unspecified atom stereocenters.